The van der Waals surface area contributed by atoms with Gasteiger partial charge in [0.05, 0.1) is 6.54 Å². The molecule has 1 atom stereocenters. The number of nitro groups is 1. The second-order valence-electron chi connectivity index (χ2n) is 4.65. The lowest BCUT2D eigenvalue weighted by molar-refractivity contribution is -0.389. The lowest BCUT2D eigenvalue weighted by Gasteiger charge is -2.20. The van der Waals surface area contributed by atoms with Crippen LogP contribution >= 0.6 is 0 Å². The normalized spacial score (nSPS) is 19.7. The van der Waals surface area contributed by atoms with Gasteiger partial charge in [0.25, 0.3) is 0 Å². The van der Waals surface area contributed by atoms with E-state index in [4.69, 9.17) is 14.6 Å². The summed E-state index contributed by atoms with van der Waals surface area (Å²) in [4.78, 5) is 22.6. The van der Waals surface area contributed by atoms with Crippen LogP contribution in [0.1, 0.15) is 6.92 Å². The number of carbonyl (C=O) groups is 1. The van der Waals surface area contributed by atoms with Crippen LogP contribution in [0.4, 0.5) is 19.0 Å². The van der Waals surface area contributed by atoms with E-state index in [0.717, 1.165) is 0 Å². The fourth-order valence-electron chi connectivity index (χ4n) is 1.75. The number of fused-ring (bicyclic) bond motifs is 1. The third kappa shape index (κ3) is 4.31. The molecule has 9 nitrogen and oxygen atoms in total. The quantitative estimate of drug-likeness (QED) is 0.622. The van der Waals surface area contributed by atoms with Gasteiger partial charge in [-0.15, -0.1) is 0 Å². The summed E-state index contributed by atoms with van der Waals surface area (Å²) in [6.07, 6.45) is -3.68. The Bertz CT molecular complexity index is 548. The molecule has 0 radical (unpaired) electrons. The SMILES string of the molecule is CNCC1(C)Cn2cc([N+](=O)[O-])nc2O1.O=C(O)C(F)(F)F. The number of imidazole rings is 1. The summed E-state index contributed by atoms with van der Waals surface area (Å²) in [7, 11) is 1.83. The van der Waals surface area contributed by atoms with Crippen LogP contribution in [0, 0.1) is 10.1 Å². The smallest absolute Gasteiger partial charge is 0.475 e. The Hall–Kier alpha value is -2.37. The molecule has 22 heavy (non-hydrogen) atoms. The van der Waals surface area contributed by atoms with Crippen molar-refractivity contribution in [2.75, 3.05) is 13.6 Å². The molecule has 1 aliphatic rings. The minimum atomic E-state index is -5.08. The van der Waals surface area contributed by atoms with Crippen molar-refractivity contribution in [1.82, 2.24) is 14.9 Å². The van der Waals surface area contributed by atoms with E-state index in [1.807, 2.05) is 14.0 Å². The highest BCUT2D eigenvalue weighted by molar-refractivity contribution is 5.73. The number of ether oxygens (including phenoxy) is 1. The molecule has 0 amide bonds. The molecule has 1 aromatic heterocycles. The van der Waals surface area contributed by atoms with Crippen molar-refractivity contribution in [1.29, 1.82) is 0 Å². The van der Waals surface area contributed by atoms with Crippen molar-refractivity contribution in [2.45, 2.75) is 25.2 Å². The number of nitrogens with zero attached hydrogens (tertiary/aromatic N) is 3. The Kier molecular flexibility index (Phi) is 4.96. The Morgan fingerprint density at radius 1 is 1.68 bits per heavy atom. The average Bonchev–Trinajstić information content (AvgIpc) is 2.83. The second kappa shape index (κ2) is 6.17. The Morgan fingerprint density at radius 3 is 2.59 bits per heavy atom. The number of aliphatic carboxylic acids is 1. The first kappa shape index (κ1) is 17.7. The van der Waals surface area contributed by atoms with Gasteiger partial charge in [-0.3, -0.25) is 4.57 Å². The van der Waals surface area contributed by atoms with Gasteiger partial charge in [-0.05, 0) is 18.9 Å². The van der Waals surface area contributed by atoms with E-state index in [1.54, 1.807) is 4.57 Å². The molecule has 1 unspecified atom stereocenters. The van der Waals surface area contributed by atoms with E-state index in [0.29, 0.717) is 19.1 Å². The number of aromatic nitrogens is 2. The maximum absolute atomic E-state index is 10.6. The highest BCUT2D eigenvalue weighted by atomic mass is 19.4. The molecule has 0 fully saturated rings. The van der Waals surface area contributed by atoms with Crippen LogP contribution in [0.5, 0.6) is 6.01 Å². The number of likely N-dealkylation sites (N-methyl/N-ethyl adjacent to an activating group) is 1. The summed E-state index contributed by atoms with van der Waals surface area (Å²) in [5, 5.41) is 20.6. The van der Waals surface area contributed by atoms with Crippen molar-refractivity contribution >= 4 is 11.8 Å². The van der Waals surface area contributed by atoms with Gasteiger partial charge in [0, 0.05) is 11.5 Å². The van der Waals surface area contributed by atoms with Gasteiger partial charge in [-0.2, -0.15) is 13.2 Å². The summed E-state index contributed by atoms with van der Waals surface area (Å²) >= 11 is 0. The minimum absolute atomic E-state index is 0.170. The number of alkyl halides is 3. The van der Waals surface area contributed by atoms with Gasteiger partial charge in [0.15, 0.2) is 0 Å². The van der Waals surface area contributed by atoms with E-state index in [-0.39, 0.29) is 11.4 Å². The predicted octanol–water partition coefficient (Wildman–Crippen LogP) is 0.795. The number of hydrogen-bond acceptors (Lipinski definition) is 6. The largest absolute Gasteiger partial charge is 0.490 e. The molecule has 1 aromatic rings. The maximum Gasteiger partial charge on any atom is 0.490 e. The van der Waals surface area contributed by atoms with E-state index in [2.05, 4.69) is 10.3 Å². The van der Waals surface area contributed by atoms with E-state index in [1.165, 1.54) is 6.20 Å². The first-order valence-electron chi connectivity index (χ1n) is 5.84. The topological polar surface area (TPSA) is 120 Å². The molecule has 2 heterocycles. The molecule has 2 N–H and O–H groups in total. The first-order valence-corrected chi connectivity index (χ1v) is 5.84. The molecule has 124 valence electrons. The van der Waals surface area contributed by atoms with Gasteiger partial charge in [0.2, 0.25) is 0 Å². The van der Waals surface area contributed by atoms with Gasteiger partial charge in [-0.25, -0.2) is 4.79 Å². The van der Waals surface area contributed by atoms with Crippen LogP contribution in [0.2, 0.25) is 0 Å². The molecule has 0 saturated carbocycles. The minimum Gasteiger partial charge on any atom is -0.475 e. The number of rotatable bonds is 3. The molecule has 2 rings (SSSR count). The summed E-state index contributed by atoms with van der Waals surface area (Å²) < 4.78 is 38.9. The molecule has 1 aliphatic heterocycles. The van der Waals surface area contributed by atoms with Crippen LogP contribution in [-0.2, 0) is 11.3 Å². The third-order valence-electron chi connectivity index (χ3n) is 2.55. The summed E-state index contributed by atoms with van der Waals surface area (Å²) in [5.74, 6) is -2.93. The van der Waals surface area contributed by atoms with Crippen molar-refractivity contribution in [3.8, 4) is 6.01 Å². The highest BCUT2D eigenvalue weighted by Gasteiger charge is 2.39. The van der Waals surface area contributed by atoms with E-state index < -0.39 is 17.1 Å². The van der Waals surface area contributed by atoms with Crippen LogP contribution in [-0.4, -0.2) is 50.9 Å². The molecule has 0 aromatic carbocycles. The second-order valence-corrected chi connectivity index (χ2v) is 4.65. The van der Waals surface area contributed by atoms with Gasteiger partial charge in [0.1, 0.15) is 11.8 Å². The number of halogens is 3. The molecular weight excluding hydrogens is 313 g/mol. The van der Waals surface area contributed by atoms with Gasteiger partial charge < -0.3 is 25.3 Å². The summed E-state index contributed by atoms with van der Waals surface area (Å²) in [6.45, 7) is 3.18. The molecule has 12 heteroatoms. The first-order chi connectivity index (χ1) is 9.98. The standard InChI is InChI=1S/C8H12N4O3.C2HF3O2/c1-8(4-9-2)5-11-3-6(12(13)14)10-7(11)15-8;3-2(4,5)1(6)7/h3,9H,4-5H2,1-2H3;(H,6,7). The monoisotopic (exact) mass is 326 g/mol. The molecule has 0 aliphatic carbocycles. The summed E-state index contributed by atoms with van der Waals surface area (Å²) in [6, 6.07) is 0.319. The van der Waals surface area contributed by atoms with Crippen molar-refractivity contribution in [2.24, 2.45) is 0 Å². The molecule has 0 bridgehead atoms. The number of nitrogens with one attached hydrogen (secondary N) is 1. The van der Waals surface area contributed by atoms with Crippen molar-refractivity contribution in [3.05, 3.63) is 16.3 Å². The van der Waals surface area contributed by atoms with Gasteiger partial charge >= 0.3 is 24.0 Å². The zero-order valence-corrected chi connectivity index (χ0v) is 11.5. The predicted molar refractivity (Wildman–Crippen MR) is 65.5 cm³/mol. The zero-order chi connectivity index (χ0) is 17.1. The molecule has 0 saturated heterocycles. The fourth-order valence-corrected chi connectivity index (χ4v) is 1.75. The Morgan fingerprint density at radius 2 is 2.23 bits per heavy atom. The Labute approximate surface area is 121 Å². The Balaban J connectivity index is 0.000000295. The molecule has 0 spiro atoms. The number of carboxylic acid groups (broad SMARTS) is 1. The number of carboxylic acids is 1. The maximum atomic E-state index is 10.6. The van der Waals surface area contributed by atoms with Crippen LogP contribution < -0.4 is 10.1 Å². The molecular formula is C10H13F3N4O5. The van der Waals surface area contributed by atoms with Crippen molar-refractivity contribution < 1.29 is 32.7 Å². The van der Waals surface area contributed by atoms with Gasteiger partial charge in [-0.1, -0.05) is 0 Å². The zero-order valence-electron chi connectivity index (χ0n) is 11.5. The van der Waals surface area contributed by atoms with E-state index in [9.17, 15) is 23.3 Å². The lowest BCUT2D eigenvalue weighted by Crippen LogP contribution is -2.41. The van der Waals surface area contributed by atoms with Crippen LogP contribution in [0.3, 0.4) is 0 Å². The highest BCUT2D eigenvalue weighted by Crippen LogP contribution is 2.30. The van der Waals surface area contributed by atoms with Crippen molar-refractivity contribution in [3.63, 3.8) is 0 Å². The van der Waals surface area contributed by atoms with Crippen LogP contribution in [0.25, 0.3) is 0 Å². The number of hydrogen-bond donors (Lipinski definition) is 2. The van der Waals surface area contributed by atoms with E-state index >= 15 is 0 Å². The third-order valence-corrected chi connectivity index (χ3v) is 2.55. The lowest BCUT2D eigenvalue weighted by atomic mass is 10.1. The summed E-state index contributed by atoms with van der Waals surface area (Å²) in [5.41, 5.74) is -0.369. The van der Waals surface area contributed by atoms with Crippen LogP contribution in [0.15, 0.2) is 6.20 Å². The fraction of sp³-hybridized carbons (Fsp3) is 0.600. The average molecular weight is 326 g/mol.